The molecule has 0 radical (unpaired) electrons. The molecule has 0 atom stereocenters. The quantitative estimate of drug-likeness (QED) is 0.842. The fourth-order valence-electron chi connectivity index (χ4n) is 1.02. The number of rotatable bonds is 2. The van der Waals surface area contributed by atoms with Crippen molar-refractivity contribution in [3.63, 3.8) is 0 Å². The second-order valence-corrected chi connectivity index (χ2v) is 3.57. The Morgan fingerprint density at radius 1 is 1.33 bits per heavy atom. The van der Waals surface area contributed by atoms with Gasteiger partial charge in [-0.1, -0.05) is 29.8 Å². The van der Waals surface area contributed by atoms with Gasteiger partial charge in [-0.15, -0.1) is 0 Å². The number of benzene rings is 1. The smallest absolute Gasteiger partial charge is 0.274 e. The first kappa shape index (κ1) is 14.1. The zero-order valence-electron chi connectivity index (χ0n) is 9.43. The van der Waals surface area contributed by atoms with Crippen LogP contribution in [-0.2, 0) is 4.84 Å². The average Bonchev–Trinajstić information content (AvgIpc) is 2.20. The SMILES string of the molecule is CC.CONC(=O)c1cc(C)cc(Br)c1. The van der Waals surface area contributed by atoms with Crippen LogP contribution in [0.2, 0.25) is 0 Å². The number of carbonyl (C=O) groups is 1. The number of nitrogens with one attached hydrogen (secondary N) is 1. The summed E-state index contributed by atoms with van der Waals surface area (Å²) >= 11 is 3.31. The summed E-state index contributed by atoms with van der Waals surface area (Å²) in [6, 6.07) is 5.46. The van der Waals surface area contributed by atoms with Crippen LogP contribution in [0.4, 0.5) is 0 Å². The zero-order chi connectivity index (χ0) is 11.8. The molecule has 0 saturated heterocycles. The standard InChI is InChI=1S/C9H10BrNO2.C2H6/c1-6-3-7(5-8(10)4-6)9(12)11-13-2;1-2/h3-5H,1-2H3,(H,11,12);1-2H3. The molecule has 0 aliphatic heterocycles. The lowest BCUT2D eigenvalue weighted by atomic mass is 10.1. The third-order valence-electron chi connectivity index (χ3n) is 1.50. The van der Waals surface area contributed by atoms with Crippen LogP contribution < -0.4 is 5.48 Å². The first-order chi connectivity index (χ1) is 7.13. The fourth-order valence-corrected chi connectivity index (χ4v) is 1.63. The number of carbonyl (C=O) groups excluding carboxylic acids is 1. The maximum absolute atomic E-state index is 11.3. The maximum atomic E-state index is 11.3. The number of aryl methyl sites for hydroxylation is 1. The molecule has 0 aromatic heterocycles. The van der Waals surface area contributed by atoms with Gasteiger partial charge in [-0.3, -0.25) is 9.63 Å². The molecule has 0 saturated carbocycles. The van der Waals surface area contributed by atoms with E-state index < -0.39 is 0 Å². The van der Waals surface area contributed by atoms with E-state index in [9.17, 15) is 4.79 Å². The monoisotopic (exact) mass is 273 g/mol. The predicted molar refractivity (Wildman–Crippen MR) is 64.7 cm³/mol. The summed E-state index contributed by atoms with van der Waals surface area (Å²) in [5, 5.41) is 0. The van der Waals surface area contributed by atoms with Crippen LogP contribution in [0.5, 0.6) is 0 Å². The number of halogens is 1. The van der Waals surface area contributed by atoms with Crippen molar-refractivity contribution in [2.24, 2.45) is 0 Å². The summed E-state index contributed by atoms with van der Waals surface area (Å²) in [6.45, 7) is 5.92. The highest BCUT2D eigenvalue weighted by Gasteiger charge is 2.05. The number of amides is 1. The lowest BCUT2D eigenvalue weighted by molar-refractivity contribution is 0.0537. The van der Waals surface area contributed by atoms with Crippen molar-refractivity contribution in [1.82, 2.24) is 5.48 Å². The molecule has 0 heterocycles. The summed E-state index contributed by atoms with van der Waals surface area (Å²) < 4.78 is 0.883. The van der Waals surface area contributed by atoms with Crippen molar-refractivity contribution < 1.29 is 9.63 Å². The van der Waals surface area contributed by atoms with E-state index >= 15 is 0 Å². The molecule has 0 fully saturated rings. The van der Waals surface area contributed by atoms with Gasteiger partial charge in [0.05, 0.1) is 7.11 Å². The highest BCUT2D eigenvalue weighted by molar-refractivity contribution is 9.10. The van der Waals surface area contributed by atoms with Crippen molar-refractivity contribution >= 4 is 21.8 Å². The first-order valence-electron chi connectivity index (χ1n) is 4.74. The Morgan fingerprint density at radius 2 is 1.93 bits per heavy atom. The van der Waals surface area contributed by atoms with Crippen LogP contribution in [0.25, 0.3) is 0 Å². The fraction of sp³-hybridized carbons (Fsp3) is 0.364. The van der Waals surface area contributed by atoms with E-state index in [2.05, 4.69) is 26.2 Å². The van der Waals surface area contributed by atoms with Gasteiger partial charge in [-0.2, -0.15) is 0 Å². The largest absolute Gasteiger partial charge is 0.277 e. The molecule has 4 heteroatoms. The van der Waals surface area contributed by atoms with Crippen LogP contribution in [0.3, 0.4) is 0 Å². The Bertz CT molecular complexity index is 306. The van der Waals surface area contributed by atoms with E-state index in [4.69, 9.17) is 0 Å². The van der Waals surface area contributed by atoms with Crippen molar-refractivity contribution in [2.75, 3.05) is 7.11 Å². The van der Waals surface area contributed by atoms with Crippen LogP contribution >= 0.6 is 15.9 Å². The van der Waals surface area contributed by atoms with Crippen LogP contribution in [0, 0.1) is 6.92 Å². The van der Waals surface area contributed by atoms with Gasteiger partial charge in [0.2, 0.25) is 0 Å². The highest BCUT2D eigenvalue weighted by Crippen LogP contribution is 2.15. The molecular weight excluding hydrogens is 258 g/mol. The van der Waals surface area contributed by atoms with E-state index in [1.54, 1.807) is 12.1 Å². The second kappa shape index (κ2) is 7.43. The maximum Gasteiger partial charge on any atom is 0.274 e. The van der Waals surface area contributed by atoms with E-state index in [1.165, 1.54) is 7.11 Å². The van der Waals surface area contributed by atoms with Crippen molar-refractivity contribution in [1.29, 1.82) is 0 Å². The van der Waals surface area contributed by atoms with Gasteiger partial charge in [0, 0.05) is 10.0 Å². The summed E-state index contributed by atoms with van der Waals surface area (Å²) in [5.41, 5.74) is 3.86. The molecule has 1 aromatic carbocycles. The summed E-state index contributed by atoms with van der Waals surface area (Å²) in [5.74, 6) is -0.244. The van der Waals surface area contributed by atoms with Gasteiger partial charge in [-0.05, 0) is 30.7 Å². The van der Waals surface area contributed by atoms with Gasteiger partial charge in [0.1, 0.15) is 0 Å². The van der Waals surface area contributed by atoms with Gasteiger partial charge < -0.3 is 0 Å². The van der Waals surface area contributed by atoms with Gasteiger partial charge in [0.15, 0.2) is 0 Å². The Kier molecular flexibility index (Phi) is 6.99. The second-order valence-electron chi connectivity index (χ2n) is 2.65. The first-order valence-corrected chi connectivity index (χ1v) is 5.53. The zero-order valence-corrected chi connectivity index (χ0v) is 11.0. The molecule has 1 rings (SSSR count). The summed E-state index contributed by atoms with van der Waals surface area (Å²) in [6.07, 6.45) is 0. The molecule has 1 N–H and O–H groups in total. The minimum Gasteiger partial charge on any atom is -0.277 e. The minimum atomic E-state index is -0.244. The third-order valence-corrected chi connectivity index (χ3v) is 1.96. The number of hydroxylamine groups is 1. The lowest BCUT2D eigenvalue weighted by Crippen LogP contribution is -2.21. The number of hydrogen-bond acceptors (Lipinski definition) is 2. The highest BCUT2D eigenvalue weighted by atomic mass is 79.9. The van der Waals surface area contributed by atoms with Gasteiger partial charge in [0.25, 0.3) is 5.91 Å². The third kappa shape index (κ3) is 4.95. The molecule has 84 valence electrons. The molecule has 0 aliphatic rings. The van der Waals surface area contributed by atoms with Crippen molar-refractivity contribution in [3.05, 3.63) is 33.8 Å². The number of hydrogen-bond donors (Lipinski definition) is 1. The molecule has 0 aliphatic carbocycles. The predicted octanol–water partition coefficient (Wildman–Crippen LogP) is 3.07. The van der Waals surface area contributed by atoms with Crippen molar-refractivity contribution in [2.45, 2.75) is 20.8 Å². The molecule has 1 amide bonds. The molecule has 1 aromatic rings. The van der Waals surface area contributed by atoms with Crippen LogP contribution in [-0.4, -0.2) is 13.0 Å². The Morgan fingerprint density at radius 3 is 2.40 bits per heavy atom. The van der Waals surface area contributed by atoms with Crippen LogP contribution in [0.1, 0.15) is 29.8 Å². The lowest BCUT2D eigenvalue weighted by Gasteiger charge is -2.03. The molecule has 0 spiro atoms. The molecule has 3 nitrogen and oxygen atoms in total. The normalized spacial score (nSPS) is 8.87. The average molecular weight is 274 g/mol. The minimum absolute atomic E-state index is 0.244. The van der Waals surface area contributed by atoms with Gasteiger partial charge in [-0.25, -0.2) is 5.48 Å². The Labute approximate surface area is 98.9 Å². The van der Waals surface area contributed by atoms with E-state index in [1.807, 2.05) is 26.8 Å². The summed E-state index contributed by atoms with van der Waals surface area (Å²) in [7, 11) is 1.41. The van der Waals surface area contributed by atoms with Gasteiger partial charge >= 0.3 is 0 Å². The van der Waals surface area contributed by atoms with E-state index in [0.29, 0.717) is 5.56 Å². The molecule has 0 bridgehead atoms. The topological polar surface area (TPSA) is 38.3 Å². The van der Waals surface area contributed by atoms with E-state index in [0.717, 1.165) is 10.0 Å². The Balaban J connectivity index is 0.000000921. The summed E-state index contributed by atoms with van der Waals surface area (Å²) in [4.78, 5) is 15.8. The van der Waals surface area contributed by atoms with Crippen LogP contribution in [0.15, 0.2) is 22.7 Å². The Hall–Kier alpha value is -0.870. The van der Waals surface area contributed by atoms with Crippen molar-refractivity contribution in [3.8, 4) is 0 Å². The van der Waals surface area contributed by atoms with E-state index in [-0.39, 0.29) is 5.91 Å². The molecule has 15 heavy (non-hydrogen) atoms. The molecular formula is C11H16BrNO2. The molecule has 0 unspecified atom stereocenters.